The first kappa shape index (κ1) is 8.10. The maximum Gasteiger partial charge on any atom is 0.143 e. The molecule has 0 N–H and O–H groups in total. The molecule has 1 aromatic carbocycles. The number of aromatic nitrogens is 2. The van der Waals surface area contributed by atoms with Crippen molar-refractivity contribution >= 4 is 11.0 Å². The van der Waals surface area contributed by atoms with Crippen molar-refractivity contribution in [3.63, 3.8) is 0 Å². The van der Waals surface area contributed by atoms with E-state index in [9.17, 15) is 0 Å². The quantitative estimate of drug-likeness (QED) is 0.697. The first-order chi connectivity index (χ1) is 6.33. The number of rotatable bonds is 2. The Labute approximate surface area is 76.9 Å². The number of para-hydroxylation sites is 2. The molecule has 0 aliphatic rings. The summed E-state index contributed by atoms with van der Waals surface area (Å²) in [6, 6.07) is 7.95. The van der Waals surface area contributed by atoms with Gasteiger partial charge in [-0.2, -0.15) is 4.73 Å². The fourth-order valence-corrected chi connectivity index (χ4v) is 1.42. The average Bonchev–Trinajstić information content (AvgIpc) is 2.44. The molecule has 2 rings (SSSR count). The second kappa shape index (κ2) is 3.09. The molecular formula is C10H12N2O. The van der Waals surface area contributed by atoms with E-state index in [-0.39, 0.29) is 0 Å². The third-order valence-corrected chi connectivity index (χ3v) is 1.93. The maximum atomic E-state index is 5.44. The highest BCUT2D eigenvalue weighted by Crippen LogP contribution is 2.13. The van der Waals surface area contributed by atoms with Crippen LogP contribution < -0.4 is 4.84 Å². The average molecular weight is 176 g/mol. The Morgan fingerprint density at radius 2 is 2.15 bits per heavy atom. The fourth-order valence-electron chi connectivity index (χ4n) is 1.42. The molecule has 13 heavy (non-hydrogen) atoms. The molecule has 0 bridgehead atoms. The van der Waals surface area contributed by atoms with Crippen LogP contribution in [-0.4, -0.2) is 16.3 Å². The van der Waals surface area contributed by atoms with Gasteiger partial charge in [-0.05, 0) is 26.0 Å². The standard InChI is InChI=1S/C10H12N2O/c1-3-13-12-8(2)11-9-6-4-5-7-10(9)12/h4-7H,3H2,1-2H3. The first-order valence-corrected chi connectivity index (χ1v) is 4.40. The van der Waals surface area contributed by atoms with Gasteiger partial charge in [-0.25, -0.2) is 4.98 Å². The molecule has 1 heterocycles. The lowest BCUT2D eigenvalue weighted by Gasteiger charge is -2.05. The number of fused-ring (bicyclic) bond motifs is 1. The van der Waals surface area contributed by atoms with Gasteiger partial charge in [0.05, 0.1) is 5.52 Å². The van der Waals surface area contributed by atoms with Crippen LogP contribution in [0.1, 0.15) is 12.7 Å². The summed E-state index contributed by atoms with van der Waals surface area (Å²) in [5, 5.41) is 0. The van der Waals surface area contributed by atoms with Crippen molar-refractivity contribution in [1.82, 2.24) is 9.71 Å². The van der Waals surface area contributed by atoms with Gasteiger partial charge >= 0.3 is 0 Å². The van der Waals surface area contributed by atoms with E-state index in [0.29, 0.717) is 6.61 Å². The summed E-state index contributed by atoms with van der Waals surface area (Å²) >= 11 is 0. The molecule has 0 unspecified atom stereocenters. The summed E-state index contributed by atoms with van der Waals surface area (Å²) in [5.74, 6) is 0.892. The van der Waals surface area contributed by atoms with E-state index in [2.05, 4.69) is 4.98 Å². The van der Waals surface area contributed by atoms with Crippen LogP contribution in [0.15, 0.2) is 24.3 Å². The van der Waals surface area contributed by atoms with Crippen molar-refractivity contribution in [3.05, 3.63) is 30.1 Å². The topological polar surface area (TPSA) is 27.1 Å². The summed E-state index contributed by atoms with van der Waals surface area (Å²) in [5.41, 5.74) is 2.01. The van der Waals surface area contributed by atoms with E-state index in [0.717, 1.165) is 16.9 Å². The zero-order valence-electron chi connectivity index (χ0n) is 7.82. The van der Waals surface area contributed by atoms with E-state index in [1.165, 1.54) is 0 Å². The number of benzene rings is 1. The highest BCUT2D eigenvalue weighted by atomic mass is 16.7. The summed E-state index contributed by atoms with van der Waals surface area (Å²) in [6.45, 7) is 4.56. The van der Waals surface area contributed by atoms with Crippen molar-refractivity contribution < 1.29 is 4.84 Å². The van der Waals surface area contributed by atoms with Crippen molar-refractivity contribution in [1.29, 1.82) is 0 Å². The molecule has 0 aliphatic carbocycles. The van der Waals surface area contributed by atoms with Crippen LogP contribution in [0.25, 0.3) is 11.0 Å². The van der Waals surface area contributed by atoms with Crippen molar-refractivity contribution in [2.45, 2.75) is 13.8 Å². The number of nitrogens with zero attached hydrogens (tertiary/aromatic N) is 2. The molecule has 68 valence electrons. The Kier molecular flexibility index (Phi) is 1.93. The molecule has 0 saturated heterocycles. The van der Waals surface area contributed by atoms with Gasteiger partial charge in [-0.15, -0.1) is 0 Å². The molecule has 2 aromatic rings. The SMILES string of the molecule is CCOn1c(C)nc2ccccc21. The molecule has 0 atom stereocenters. The fraction of sp³-hybridized carbons (Fsp3) is 0.300. The van der Waals surface area contributed by atoms with Gasteiger partial charge in [0.15, 0.2) is 0 Å². The molecule has 0 saturated carbocycles. The smallest absolute Gasteiger partial charge is 0.143 e. The lowest BCUT2D eigenvalue weighted by atomic mass is 10.3. The van der Waals surface area contributed by atoms with Crippen LogP contribution in [0.3, 0.4) is 0 Å². The zero-order chi connectivity index (χ0) is 9.26. The largest absolute Gasteiger partial charge is 0.412 e. The van der Waals surface area contributed by atoms with Gasteiger partial charge in [0.25, 0.3) is 0 Å². The molecule has 0 aliphatic heterocycles. The van der Waals surface area contributed by atoms with Crippen LogP contribution in [0, 0.1) is 6.92 Å². The van der Waals surface area contributed by atoms with Gasteiger partial charge in [0.1, 0.15) is 17.9 Å². The molecule has 1 aromatic heterocycles. The van der Waals surface area contributed by atoms with Gasteiger partial charge in [-0.3, -0.25) is 0 Å². The summed E-state index contributed by atoms with van der Waals surface area (Å²) in [7, 11) is 0. The Morgan fingerprint density at radius 1 is 1.38 bits per heavy atom. The van der Waals surface area contributed by atoms with E-state index >= 15 is 0 Å². The molecule has 0 amide bonds. The van der Waals surface area contributed by atoms with Crippen LogP contribution in [0.4, 0.5) is 0 Å². The Morgan fingerprint density at radius 3 is 2.92 bits per heavy atom. The number of hydrogen-bond acceptors (Lipinski definition) is 2. The van der Waals surface area contributed by atoms with E-state index in [1.807, 2.05) is 38.1 Å². The highest BCUT2D eigenvalue weighted by Gasteiger charge is 2.05. The molecule has 0 fully saturated rings. The van der Waals surface area contributed by atoms with Crippen LogP contribution in [0.5, 0.6) is 0 Å². The molecular weight excluding hydrogens is 164 g/mol. The van der Waals surface area contributed by atoms with Crippen LogP contribution in [0.2, 0.25) is 0 Å². The zero-order valence-corrected chi connectivity index (χ0v) is 7.82. The number of imidazole rings is 1. The Balaban J connectivity index is 2.64. The summed E-state index contributed by atoms with van der Waals surface area (Å²) in [6.07, 6.45) is 0. The van der Waals surface area contributed by atoms with Gasteiger partial charge in [-0.1, -0.05) is 12.1 Å². The van der Waals surface area contributed by atoms with Gasteiger partial charge in [0, 0.05) is 0 Å². The lowest BCUT2D eigenvalue weighted by Crippen LogP contribution is -2.11. The Bertz CT molecular complexity index is 420. The maximum absolute atomic E-state index is 5.44. The second-order valence-electron chi connectivity index (χ2n) is 2.86. The van der Waals surface area contributed by atoms with Crippen LogP contribution >= 0.6 is 0 Å². The summed E-state index contributed by atoms with van der Waals surface area (Å²) in [4.78, 5) is 9.81. The van der Waals surface area contributed by atoms with E-state index in [1.54, 1.807) is 4.73 Å². The second-order valence-corrected chi connectivity index (χ2v) is 2.86. The monoisotopic (exact) mass is 176 g/mol. The molecule has 0 radical (unpaired) electrons. The predicted molar refractivity (Wildman–Crippen MR) is 51.6 cm³/mol. The van der Waals surface area contributed by atoms with Gasteiger partial charge in [0.2, 0.25) is 0 Å². The Hall–Kier alpha value is -1.51. The predicted octanol–water partition coefficient (Wildman–Crippen LogP) is 1.79. The van der Waals surface area contributed by atoms with Gasteiger partial charge < -0.3 is 4.84 Å². The molecule has 3 heteroatoms. The van der Waals surface area contributed by atoms with E-state index < -0.39 is 0 Å². The van der Waals surface area contributed by atoms with Crippen molar-refractivity contribution in [2.24, 2.45) is 0 Å². The van der Waals surface area contributed by atoms with E-state index in [4.69, 9.17) is 4.84 Å². The third-order valence-electron chi connectivity index (χ3n) is 1.93. The molecule has 0 spiro atoms. The lowest BCUT2D eigenvalue weighted by molar-refractivity contribution is 0.126. The third kappa shape index (κ3) is 1.26. The van der Waals surface area contributed by atoms with Crippen molar-refractivity contribution in [3.8, 4) is 0 Å². The number of hydrogen-bond donors (Lipinski definition) is 0. The normalized spacial score (nSPS) is 10.6. The number of aryl methyl sites for hydroxylation is 1. The minimum absolute atomic E-state index is 0.654. The summed E-state index contributed by atoms with van der Waals surface area (Å²) < 4.78 is 1.77. The van der Waals surface area contributed by atoms with Crippen LogP contribution in [-0.2, 0) is 0 Å². The molecule has 3 nitrogen and oxygen atoms in total. The first-order valence-electron chi connectivity index (χ1n) is 4.40. The minimum Gasteiger partial charge on any atom is -0.412 e. The minimum atomic E-state index is 0.654. The highest BCUT2D eigenvalue weighted by molar-refractivity contribution is 5.75. The van der Waals surface area contributed by atoms with Crippen molar-refractivity contribution in [2.75, 3.05) is 6.61 Å².